The number of halogens is 3. The number of furan rings is 1. The highest BCUT2D eigenvalue weighted by Gasteiger charge is 2.17. The van der Waals surface area contributed by atoms with Gasteiger partial charge in [0.15, 0.2) is 11.6 Å². The van der Waals surface area contributed by atoms with Crippen molar-refractivity contribution in [3.63, 3.8) is 0 Å². The molecule has 0 aliphatic rings. The molecule has 0 bridgehead atoms. The molecule has 0 fully saturated rings. The predicted octanol–water partition coefficient (Wildman–Crippen LogP) is 3.69. The SMILES string of the molecule is Fc1cccc(-c2ccco2)c1OC(F)F. The van der Waals surface area contributed by atoms with Gasteiger partial charge in [0.25, 0.3) is 0 Å². The van der Waals surface area contributed by atoms with E-state index in [2.05, 4.69) is 4.74 Å². The van der Waals surface area contributed by atoms with Gasteiger partial charge in [-0.1, -0.05) is 6.07 Å². The molecule has 0 aliphatic heterocycles. The molecular formula is C11H7F3O2. The zero-order valence-electron chi connectivity index (χ0n) is 7.99. The van der Waals surface area contributed by atoms with Gasteiger partial charge in [-0.15, -0.1) is 0 Å². The average Bonchev–Trinajstić information content (AvgIpc) is 2.73. The molecule has 2 nitrogen and oxygen atoms in total. The molecule has 0 saturated heterocycles. The Morgan fingerprint density at radius 2 is 1.94 bits per heavy atom. The first kappa shape index (κ1) is 10.6. The van der Waals surface area contributed by atoms with Crippen molar-refractivity contribution in [2.45, 2.75) is 6.61 Å². The lowest BCUT2D eigenvalue weighted by molar-refractivity contribution is -0.0518. The Morgan fingerprint density at radius 3 is 2.56 bits per heavy atom. The van der Waals surface area contributed by atoms with E-state index in [1.807, 2.05) is 0 Å². The van der Waals surface area contributed by atoms with E-state index in [0.717, 1.165) is 6.07 Å². The van der Waals surface area contributed by atoms with Crippen molar-refractivity contribution in [3.05, 3.63) is 42.4 Å². The Bertz CT molecular complexity index is 466. The molecule has 0 saturated carbocycles. The van der Waals surface area contributed by atoms with Gasteiger partial charge in [-0.25, -0.2) is 4.39 Å². The fourth-order valence-electron chi connectivity index (χ4n) is 1.34. The number of hydrogen-bond donors (Lipinski definition) is 0. The van der Waals surface area contributed by atoms with Crippen LogP contribution in [0.1, 0.15) is 0 Å². The molecule has 0 radical (unpaired) electrons. The van der Waals surface area contributed by atoms with Crippen LogP contribution in [-0.2, 0) is 0 Å². The Labute approximate surface area is 89.3 Å². The summed E-state index contributed by atoms with van der Waals surface area (Å²) in [5.74, 6) is -1.09. The third kappa shape index (κ3) is 2.03. The molecule has 2 aromatic rings. The summed E-state index contributed by atoms with van der Waals surface area (Å²) in [7, 11) is 0. The van der Waals surface area contributed by atoms with Crippen LogP contribution >= 0.6 is 0 Å². The first-order valence-electron chi connectivity index (χ1n) is 4.45. The molecule has 0 aliphatic carbocycles. The molecule has 16 heavy (non-hydrogen) atoms. The second-order valence-corrected chi connectivity index (χ2v) is 2.97. The Hall–Kier alpha value is -1.91. The summed E-state index contributed by atoms with van der Waals surface area (Å²) in [4.78, 5) is 0. The molecule has 1 aromatic carbocycles. The van der Waals surface area contributed by atoms with Gasteiger partial charge in [0, 0.05) is 0 Å². The van der Waals surface area contributed by atoms with E-state index < -0.39 is 18.2 Å². The Kier molecular flexibility index (Phi) is 2.85. The molecule has 0 unspecified atom stereocenters. The van der Waals surface area contributed by atoms with Gasteiger partial charge in [-0.05, 0) is 24.3 Å². The molecule has 1 heterocycles. The van der Waals surface area contributed by atoms with E-state index >= 15 is 0 Å². The smallest absolute Gasteiger partial charge is 0.387 e. The van der Waals surface area contributed by atoms with Crippen LogP contribution in [0, 0.1) is 5.82 Å². The summed E-state index contributed by atoms with van der Waals surface area (Å²) >= 11 is 0. The quantitative estimate of drug-likeness (QED) is 0.799. The van der Waals surface area contributed by atoms with Gasteiger partial charge in [0.05, 0.1) is 11.8 Å². The first-order chi connectivity index (χ1) is 7.68. The van der Waals surface area contributed by atoms with Gasteiger partial charge in [-0.3, -0.25) is 0 Å². The van der Waals surface area contributed by atoms with Crippen LogP contribution in [0.2, 0.25) is 0 Å². The number of para-hydroxylation sites is 1. The summed E-state index contributed by atoms with van der Waals surface area (Å²) in [5.41, 5.74) is 0.158. The molecule has 84 valence electrons. The van der Waals surface area contributed by atoms with Crippen molar-refractivity contribution in [2.24, 2.45) is 0 Å². The van der Waals surface area contributed by atoms with E-state index in [-0.39, 0.29) is 11.3 Å². The Balaban J connectivity index is 2.48. The van der Waals surface area contributed by atoms with Crippen molar-refractivity contribution >= 4 is 0 Å². The maximum Gasteiger partial charge on any atom is 0.387 e. The minimum Gasteiger partial charge on any atom is -0.464 e. The molecule has 2 rings (SSSR count). The molecule has 0 amide bonds. The van der Waals surface area contributed by atoms with Crippen LogP contribution in [-0.4, -0.2) is 6.61 Å². The second kappa shape index (κ2) is 4.30. The number of alkyl halides is 2. The minimum atomic E-state index is -3.08. The number of benzene rings is 1. The summed E-state index contributed by atoms with van der Waals surface area (Å²) in [6, 6.07) is 6.99. The standard InChI is InChI=1S/C11H7F3O2/c12-8-4-1-3-7(9-5-2-6-15-9)10(8)16-11(13)14/h1-6,11H. The third-order valence-electron chi connectivity index (χ3n) is 1.96. The number of ether oxygens (including phenoxy) is 1. The lowest BCUT2D eigenvalue weighted by atomic mass is 10.1. The summed E-state index contributed by atoms with van der Waals surface area (Å²) in [5, 5.41) is 0. The zero-order valence-corrected chi connectivity index (χ0v) is 7.99. The normalized spacial score (nSPS) is 10.8. The van der Waals surface area contributed by atoms with Gasteiger partial charge in [0.1, 0.15) is 5.76 Å². The van der Waals surface area contributed by atoms with Gasteiger partial charge in [0.2, 0.25) is 0 Å². The maximum absolute atomic E-state index is 13.3. The van der Waals surface area contributed by atoms with Gasteiger partial charge < -0.3 is 9.15 Å². The van der Waals surface area contributed by atoms with Crippen LogP contribution in [0.3, 0.4) is 0 Å². The lowest BCUT2D eigenvalue weighted by Gasteiger charge is -2.09. The predicted molar refractivity (Wildman–Crippen MR) is 50.7 cm³/mol. The van der Waals surface area contributed by atoms with Crippen LogP contribution in [0.4, 0.5) is 13.2 Å². The van der Waals surface area contributed by atoms with Crippen molar-refractivity contribution in [1.29, 1.82) is 0 Å². The highest BCUT2D eigenvalue weighted by molar-refractivity contribution is 5.65. The van der Waals surface area contributed by atoms with Crippen LogP contribution in [0.15, 0.2) is 41.0 Å². The van der Waals surface area contributed by atoms with E-state index in [1.165, 1.54) is 24.5 Å². The summed E-state index contributed by atoms with van der Waals surface area (Å²) < 4.78 is 46.6. The van der Waals surface area contributed by atoms with E-state index in [0.29, 0.717) is 0 Å². The van der Waals surface area contributed by atoms with E-state index in [4.69, 9.17) is 4.42 Å². The van der Waals surface area contributed by atoms with Crippen molar-refractivity contribution < 1.29 is 22.3 Å². The molecule has 1 aromatic heterocycles. The van der Waals surface area contributed by atoms with Crippen LogP contribution in [0.5, 0.6) is 5.75 Å². The topological polar surface area (TPSA) is 22.4 Å². The molecule has 0 atom stereocenters. The molecule has 0 spiro atoms. The van der Waals surface area contributed by atoms with Crippen molar-refractivity contribution in [1.82, 2.24) is 0 Å². The van der Waals surface area contributed by atoms with E-state index in [9.17, 15) is 13.2 Å². The van der Waals surface area contributed by atoms with Gasteiger partial charge >= 0.3 is 6.61 Å². The van der Waals surface area contributed by atoms with Gasteiger partial charge in [-0.2, -0.15) is 8.78 Å². The van der Waals surface area contributed by atoms with Crippen molar-refractivity contribution in [3.8, 4) is 17.1 Å². The molecular weight excluding hydrogens is 221 g/mol. The van der Waals surface area contributed by atoms with Crippen LogP contribution in [0.25, 0.3) is 11.3 Å². The first-order valence-corrected chi connectivity index (χ1v) is 4.45. The number of hydrogen-bond acceptors (Lipinski definition) is 2. The zero-order chi connectivity index (χ0) is 11.5. The fourth-order valence-corrected chi connectivity index (χ4v) is 1.34. The largest absolute Gasteiger partial charge is 0.464 e. The average molecular weight is 228 g/mol. The highest BCUT2D eigenvalue weighted by Crippen LogP contribution is 2.33. The van der Waals surface area contributed by atoms with Crippen molar-refractivity contribution in [2.75, 3.05) is 0 Å². The minimum absolute atomic E-state index is 0.158. The van der Waals surface area contributed by atoms with E-state index in [1.54, 1.807) is 6.07 Å². The Morgan fingerprint density at radius 1 is 1.12 bits per heavy atom. The number of rotatable bonds is 3. The second-order valence-electron chi connectivity index (χ2n) is 2.97. The summed E-state index contributed by atoms with van der Waals surface area (Å²) in [6.07, 6.45) is 1.37. The monoisotopic (exact) mass is 228 g/mol. The molecule has 0 N–H and O–H groups in total. The maximum atomic E-state index is 13.3. The fraction of sp³-hybridized carbons (Fsp3) is 0.0909. The lowest BCUT2D eigenvalue weighted by Crippen LogP contribution is -2.04. The highest BCUT2D eigenvalue weighted by atomic mass is 19.3. The summed E-state index contributed by atoms with van der Waals surface area (Å²) in [6.45, 7) is -3.08. The third-order valence-corrected chi connectivity index (χ3v) is 1.96. The molecule has 5 heteroatoms. The van der Waals surface area contributed by atoms with Crippen LogP contribution < -0.4 is 4.74 Å².